The Labute approximate surface area is 212 Å². The van der Waals surface area contributed by atoms with Crippen molar-refractivity contribution in [2.24, 2.45) is 0 Å². The average molecular weight is 535 g/mol. The predicted octanol–water partition coefficient (Wildman–Crippen LogP) is 5.19. The molecular formula is C22H38Cl3NO7. The summed E-state index contributed by atoms with van der Waals surface area (Å²) >= 11 is 17.5. The van der Waals surface area contributed by atoms with Crippen molar-refractivity contribution in [3.63, 3.8) is 0 Å². The molecule has 1 rings (SSSR count). The molecular weight excluding hydrogens is 497 g/mol. The Morgan fingerprint density at radius 1 is 0.879 bits per heavy atom. The highest BCUT2D eigenvalue weighted by Gasteiger charge is 2.51. The first kappa shape index (κ1) is 30.7. The molecule has 1 N–H and O–H groups in total. The van der Waals surface area contributed by atoms with E-state index in [1.165, 1.54) is 6.92 Å². The number of alkyl halides is 3. The molecule has 0 saturated carbocycles. The van der Waals surface area contributed by atoms with Gasteiger partial charge in [0.25, 0.3) is 3.79 Å². The maximum atomic E-state index is 11.5. The van der Waals surface area contributed by atoms with Gasteiger partial charge in [0.05, 0.1) is 0 Å². The second kappa shape index (κ2) is 16.3. The fraction of sp³-hybridized carbons (Fsp3) is 0.909. The van der Waals surface area contributed by atoms with Crippen LogP contribution in [0.15, 0.2) is 0 Å². The van der Waals surface area contributed by atoms with Crippen molar-refractivity contribution in [1.29, 1.82) is 5.41 Å². The third kappa shape index (κ3) is 11.3. The van der Waals surface area contributed by atoms with E-state index < -0.39 is 46.4 Å². The molecule has 0 amide bonds. The van der Waals surface area contributed by atoms with Gasteiger partial charge in [0.1, 0.15) is 31.0 Å². The van der Waals surface area contributed by atoms with Crippen LogP contribution >= 0.6 is 34.8 Å². The van der Waals surface area contributed by atoms with Gasteiger partial charge in [0.15, 0.2) is 0 Å². The SMILES string of the molecule is CCCCO[C@H]1[C@H](OCCCC)[C@@H](OCCCC)C(OC(=N)C(Cl)(Cl)Cl)O[C@@H]1COC(C)=O. The molecule has 1 saturated heterocycles. The smallest absolute Gasteiger partial charge is 0.302 e. The first-order chi connectivity index (χ1) is 15.6. The van der Waals surface area contributed by atoms with Gasteiger partial charge in [-0.1, -0.05) is 74.8 Å². The summed E-state index contributed by atoms with van der Waals surface area (Å²) in [5.74, 6) is -1.06. The molecule has 11 heteroatoms. The molecule has 194 valence electrons. The minimum absolute atomic E-state index is 0.0809. The van der Waals surface area contributed by atoms with Crippen LogP contribution in [0.2, 0.25) is 0 Å². The molecule has 1 fully saturated rings. The van der Waals surface area contributed by atoms with Crippen molar-refractivity contribution in [2.75, 3.05) is 26.4 Å². The molecule has 8 nitrogen and oxygen atoms in total. The van der Waals surface area contributed by atoms with Gasteiger partial charge >= 0.3 is 5.97 Å². The molecule has 0 aromatic heterocycles. The summed E-state index contributed by atoms with van der Waals surface area (Å²) in [6.07, 6.45) is 1.53. The predicted molar refractivity (Wildman–Crippen MR) is 128 cm³/mol. The highest BCUT2D eigenvalue weighted by atomic mass is 35.6. The summed E-state index contributed by atoms with van der Waals surface area (Å²) in [5.41, 5.74) is 0. The van der Waals surface area contributed by atoms with E-state index in [0.717, 1.165) is 38.5 Å². The Bertz CT molecular complexity index is 577. The van der Waals surface area contributed by atoms with Crippen molar-refractivity contribution < 1.29 is 33.2 Å². The number of hydrogen-bond donors (Lipinski definition) is 1. The number of carbonyl (C=O) groups is 1. The second-order valence-corrected chi connectivity index (χ2v) is 10.1. The Morgan fingerprint density at radius 2 is 1.36 bits per heavy atom. The summed E-state index contributed by atoms with van der Waals surface area (Å²) in [5, 5.41) is 8.02. The van der Waals surface area contributed by atoms with E-state index in [0.29, 0.717) is 19.8 Å². The average Bonchev–Trinajstić information content (AvgIpc) is 2.74. The number of ether oxygens (including phenoxy) is 6. The molecule has 0 radical (unpaired) electrons. The molecule has 1 unspecified atom stereocenters. The van der Waals surface area contributed by atoms with E-state index >= 15 is 0 Å². The molecule has 0 spiro atoms. The van der Waals surface area contributed by atoms with Crippen LogP contribution in [0.4, 0.5) is 0 Å². The lowest BCUT2D eigenvalue weighted by atomic mass is 9.98. The van der Waals surface area contributed by atoms with E-state index in [1.807, 2.05) is 6.92 Å². The zero-order chi connectivity index (χ0) is 24.9. The quantitative estimate of drug-likeness (QED) is 0.101. The fourth-order valence-electron chi connectivity index (χ4n) is 3.15. The van der Waals surface area contributed by atoms with Gasteiger partial charge < -0.3 is 28.4 Å². The molecule has 1 heterocycles. The van der Waals surface area contributed by atoms with Crippen molar-refractivity contribution >= 4 is 46.7 Å². The number of halogens is 3. The normalized spacial score (nSPS) is 25.6. The van der Waals surface area contributed by atoms with Crippen LogP contribution < -0.4 is 0 Å². The first-order valence-electron chi connectivity index (χ1n) is 11.6. The molecule has 33 heavy (non-hydrogen) atoms. The van der Waals surface area contributed by atoms with Gasteiger partial charge in [-0.2, -0.15) is 0 Å². The molecule has 0 aliphatic carbocycles. The van der Waals surface area contributed by atoms with Gasteiger partial charge in [-0.15, -0.1) is 0 Å². The molecule has 0 bridgehead atoms. The number of esters is 1. The van der Waals surface area contributed by atoms with E-state index in [9.17, 15) is 4.79 Å². The van der Waals surface area contributed by atoms with Crippen LogP contribution in [0, 0.1) is 5.41 Å². The van der Waals surface area contributed by atoms with Crippen LogP contribution in [-0.4, -0.2) is 72.8 Å². The second-order valence-electron chi connectivity index (χ2n) is 7.86. The lowest BCUT2D eigenvalue weighted by molar-refractivity contribution is -0.307. The van der Waals surface area contributed by atoms with Gasteiger partial charge in [-0.3, -0.25) is 10.2 Å². The Hall–Kier alpha value is -0.350. The molecule has 1 aliphatic heterocycles. The van der Waals surface area contributed by atoms with Gasteiger partial charge in [-0.25, -0.2) is 0 Å². The van der Waals surface area contributed by atoms with E-state index in [4.69, 9.17) is 68.6 Å². The van der Waals surface area contributed by atoms with Gasteiger partial charge in [-0.05, 0) is 19.3 Å². The Balaban J connectivity index is 3.24. The molecule has 0 aromatic rings. The Kier molecular flexibility index (Phi) is 15.2. The first-order valence-corrected chi connectivity index (χ1v) is 12.7. The van der Waals surface area contributed by atoms with Gasteiger partial charge in [0, 0.05) is 26.7 Å². The zero-order valence-electron chi connectivity index (χ0n) is 19.9. The zero-order valence-corrected chi connectivity index (χ0v) is 22.2. The van der Waals surface area contributed by atoms with Crippen molar-refractivity contribution in [2.45, 2.75) is 101 Å². The number of hydrogen-bond acceptors (Lipinski definition) is 8. The van der Waals surface area contributed by atoms with Crippen molar-refractivity contribution in [3.8, 4) is 0 Å². The summed E-state index contributed by atoms with van der Waals surface area (Å²) in [6.45, 7) is 8.79. The minimum atomic E-state index is -2.07. The third-order valence-corrected chi connectivity index (χ3v) is 5.47. The monoisotopic (exact) mass is 533 g/mol. The van der Waals surface area contributed by atoms with Crippen molar-refractivity contribution in [3.05, 3.63) is 0 Å². The molecule has 1 aliphatic rings. The van der Waals surface area contributed by atoms with Crippen LogP contribution in [0.5, 0.6) is 0 Å². The highest BCUT2D eigenvalue weighted by molar-refractivity contribution is 6.76. The maximum Gasteiger partial charge on any atom is 0.302 e. The van der Waals surface area contributed by atoms with E-state index in [-0.39, 0.29) is 6.61 Å². The van der Waals surface area contributed by atoms with Crippen LogP contribution in [0.1, 0.15) is 66.2 Å². The number of nitrogens with one attached hydrogen (secondary N) is 1. The lowest BCUT2D eigenvalue weighted by Crippen LogP contribution is -2.62. The summed E-state index contributed by atoms with van der Waals surface area (Å²) in [6, 6.07) is 0. The number of unbranched alkanes of at least 4 members (excludes halogenated alkanes) is 3. The summed E-state index contributed by atoms with van der Waals surface area (Å²) < 4.78 is 33.3. The van der Waals surface area contributed by atoms with E-state index in [2.05, 4.69) is 13.8 Å². The molecule has 5 atom stereocenters. The fourth-order valence-corrected chi connectivity index (χ4v) is 3.28. The summed E-state index contributed by atoms with van der Waals surface area (Å²) in [4.78, 5) is 11.5. The standard InChI is InChI=1S/C22H38Cl3NO7/c1-5-8-11-28-17-16(14-31-15(4)27)32-20(33-21(26)22(23,24)25)19(30-13-10-7-3)18(17)29-12-9-6-2/h16-20,26H,5-14H2,1-4H3/t16-,17-,18+,19-,20?/m1/s1. The maximum absolute atomic E-state index is 11.5. The topological polar surface area (TPSA) is 96.3 Å². The van der Waals surface area contributed by atoms with Crippen LogP contribution in [-0.2, 0) is 33.2 Å². The van der Waals surface area contributed by atoms with Gasteiger partial charge in [0.2, 0.25) is 12.2 Å². The minimum Gasteiger partial charge on any atom is -0.463 e. The highest BCUT2D eigenvalue weighted by Crippen LogP contribution is 2.33. The number of rotatable bonds is 15. The summed E-state index contributed by atoms with van der Waals surface area (Å²) in [7, 11) is 0. The van der Waals surface area contributed by atoms with Crippen LogP contribution in [0.3, 0.4) is 0 Å². The van der Waals surface area contributed by atoms with E-state index in [1.54, 1.807) is 0 Å². The largest absolute Gasteiger partial charge is 0.463 e. The number of carbonyl (C=O) groups excluding carboxylic acids is 1. The third-order valence-electron chi connectivity index (χ3n) is 4.96. The van der Waals surface area contributed by atoms with Crippen molar-refractivity contribution in [1.82, 2.24) is 0 Å². The molecule has 0 aromatic carbocycles. The Morgan fingerprint density at radius 3 is 1.82 bits per heavy atom. The lowest BCUT2D eigenvalue weighted by Gasteiger charge is -2.45. The van der Waals surface area contributed by atoms with Crippen LogP contribution in [0.25, 0.3) is 0 Å².